The number of aromatic nitrogens is 2. The second-order valence-corrected chi connectivity index (χ2v) is 5.05. The molecule has 3 aromatic heterocycles. The minimum absolute atomic E-state index is 0.951. The monoisotopic (exact) mass is 243 g/mol. The summed E-state index contributed by atoms with van der Waals surface area (Å²) in [5, 5.41) is 2.40. The number of thiophene rings is 1. The fourth-order valence-electron chi connectivity index (χ4n) is 2.03. The molecule has 0 aliphatic rings. The van der Waals surface area contributed by atoms with Gasteiger partial charge in [-0.05, 0) is 19.4 Å². The van der Waals surface area contributed by atoms with Crippen LogP contribution in [0.15, 0.2) is 23.5 Å². The third-order valence-electron chi connectivity index (χ3n) is 2.79. The third kappa shape index (κ3) is 1.56. The molecular weight excluding hydrogens is 230 g/mol. The van der Waals surface area contributed by atoms with Crippen LogP contribution < -0.4 is 0 Å². The normalized spacial score (nSPS) is 12.1. The maximum atomic E-state index is 4.56. The average molecular weight is 243 g/mol. The third-order valence-corrected chi connectivity index (χ3v) is 3.87. The van der Waals surface area contributed by atoms with E-state index in [4.69, 9.17) is 0 Å². The minimum Gasteiger partial charge on any atom is -0.348 e. The van der Waals surface area contributed by atoms with Gasteiger partial charge >= 0.3 is 0 Å². The van der Waals surface area contributed by atoms with Gasteiger partial charge in [0.25, 0.3) is 0 Å². The predicted octanol–water partition coefficient (Wildman–Crippen LogP) is 4.20. The lowest BCUT2D eigenvalue weighted by Gasteiger charge is -1.93. The highest BCUT2D eigenvalue weighted by molar-refractivity contribution is 7.25. The van der Waals surface area contributed by atoms with E-state index >= 15 is 0 Å². The van der Waals surface area contributed by atoms with Crippen molar-refractivity contribution in [2.75, 3.05) is 0 Å². The SMILES string of the molecule is CC/C=N\c1c(C)[nH]c2sc3ccncc3c12. The fourth-order valence-corrected chi connectivity index (χ4v) is 3.15. The molecule has 3 rings (SSSR count). The van der Waals surface area contributed by atoms with Crippen molar-refractivity contribution < 1.29 is 0 Å². The number of hydrogen-bond donors (Lipinski definition) is 1. The van der Waals surface area contributed by atoms with Crippen molar-refractivity contribution in [3.8, 4) is 0 Å². The highest BCUT2D eigenvalue weighted by atomic mass is 32.1. The molecule has 3 heterocycles. The van der Waals surface area contributed by atoms with E-state index in [0.29, 0.717) is 0 Å². The molecule has 3 nitrogen and oxygen atoms in total. The van der Waals surface area contributed by atoms with E-state index in [1.807, 2.05) is 18.6 Å². The van der Waals surface area contributed by atoms with E-state index in [1.165, 1.54) is 20.3 Å². The minimum atomic E-state index is 0.951. The molecule has 0 saturated carbocycles. The Labute approximate surface area is 103 Å². The molecule has 0 aliphatic carbocycles. The summed E-state index contributed by atoms with van der Waals surface area (Å²) in [7, 11) is 0. The van der Waals surface area contributed by atoms with E-state index in [-0.39, 0.29) is 0 Å². The number of H-pyrrole nitrogens is 1. The zero-order valence-corrected chi connectivity index (χ0v) is 10.6. The number of pyridine rings is 1. The molecule has 0 aromatic carbocycles. The molecule has 0 fully saturated rings. The summed E-state index contributed by atoms with van der Waals surface area (Å²) < 4.78 is 1.26. The van der Waals surface area contributed by atoms with Crippen LogP contribution in [-0.4, -0.2) is 16.2 Å². The molecule has 0 bridgehead atoms. The van der Waals surface area contributed by atoms with Crippen LogP contribution in [0.4, 0.5) is 5.69 Å². The molecule has 1 N–H and O–H groups in total. The highest BCUT2D eigenvalue weighted by Gasteiger charge is 2.13. The number of nitrogens with one attached hydrogen (secondary N) is 1. The Morgan fingerprint density at radius 3 is 3.24 bits per heavy atom. The predicted molar refractivity (Wildman–Crippen MR) is 74.7 cm³/mol. The van der Waals surface area contributed by atoms with Gasteiger partial charge in [-0.25, -0.2) is 0 Å². The van der Waals surface area contributed by atoms with Crippen LogP contribution in [0.2, 0.25) is 0 Å². The number of fused-ring (bicyclic) bond motifs is 3. The van der Waals surface area contributed by atoms with E-state index in [1.54, 1.807) is 11.3 Å². The maximum absolute atomic E-state index is 4.56. The molecular formula is C13H13N3S. The Morgan fingerprint density at radius 2 is 2.41 bits per heavy atom. The lowest BCUT2D eigenvalue weighted by Crippen LogP contribution is -1.73. The standard InChI is InChI=1S/C13H13N3S/c1-3-5-15-12-8(2)16-13-11(12)9-7-14-6-4-10(9)17-13/h4-7,16H,3H2,1-2H3/b15-5-. The number of aromatic amines is 1. The summed E-state index contributed by atoms with van der Waals surface area (Å²) in [6, 6.07) is 2.05. The first-order valence-corrected chi connectivity index (χ1v) is 6.50. The summed E-state index contributed by atoms with van der Waals surface area (Å²) in [5.74, 6) is 0. The van der Waals surface area contributed by atoms with Gasteiger partial charge in [-0.3, -0.25) is 9.98 Å². The van der Waals surface area contributed by atoms with E-state index in [0.717, 1.165) is 17.8 Å². The highest BCUT2D eigenvalue weighted by Crippen LogP contribution is 2.40. The Bertz CT molecular complexity index is 706. The van der Waals surface area contributed by atoms with E-state index in [2.05, 4.69) is 34.9 Å². The molecule has 0 atom stereocenters. The van der Waals surface area contributed by atoms with Crippen LogP contribution in [0.3, 0.4) is 0 Å². The van der Waals surface area contributed by atoms with Crippen molar-refractivity contribution in [3.63, 3.8) is 0 Å². The summed E-state index contributed by atoms with van der Waals surface area (Å²) in [6.45, 7) is 4.16. The topological polar surface area (TPSA) is 41.0 Å². The molecule has 0 spiro atoms. The molecule has 86 valence electrons. The first kappa shape index (κ1) is 10.5. The first-order chi connectivity index (χ1) is 8.31. The van der Waals surface area contributed by atoms with Gasteiger partial charge < -0.3 is 4.98 Å². The quantitative estimate of drug-likeness (QED) is 0.673. The Kier molecular flexibility index (Phi) is 2.44. The maximum Gasteiger partial charge on any atom is 0.103 e. The van der Waals surface area contributed by atoms with Crippen molar-refractivity contribution in [1.29, 1.82) is 0 Å². The lowest BCUT2D eigenvalue weighted by atomic mass is 10.2. The van der Waals surface area contributed by atoms with Gasteiger partial charge in [-0.1, -0.05) is 6.92 Å². The van der Waals surface area contributed by atoms with Crippen molar-refractivity contribution in [1.82, 2.24) is 9.97 Å². The van der Waals surface area contributed by atoms with Crippen LogP contribution in [0.25, 0.3) is 20.3 Å². The number of rotatable bonds is 2. The Balaban J connectivity index is 2.39. The molecule has 4 heteroatoms. The molecule has 0 amide bonds. The second kappa shape index (κ2) is 3.96. The van der Waals surface area contributed by atoms with Gasteiger partial charge in [0.15, 0.2) is 0 Å². The number of aryl methyl sites for hydroxylation is 1. The van der Waals surface area contributed by atoms with Gasteiger partial charge in [0, 0.05) is 39.8 Å². The Hall–Kier alpha value is -1.68. The van der Waals surface area contributed by atoms with Crippen LogP contribution in [0.1, 0.15) is 19.0 Å². The fraction of sp³-hybridized carbons (Fsp3) is 0.231. The van der Waals surface area contributed by atoms with Crippen LogP contribution in [0.5, 0.6) is 0 Å². The van der Waals surface area contributed by atoms with Gasteiger partial charge in [-0.15, -0.1) is 11.3 Å². The number of hydrogen-bond acceptors (Lipinski definition) is 3. The molecule has 3 aromatic rings. The van der Waals surface area contributed by atoms with E-state index < -0.39 is 0 Å². The average Bonchev–Trinajstić information content (AvgIpc) is 2.82. The van der Waals surface area contributed by atoms with Crippen molar-refractivity contribution >= 4 is 43.5 Å². The van der Waals surface area contributed by atoms with Crippen LogP contribution in [-0.2, 0) is 0 Å². The zero-order valence-electron chi connectivity index (χ0n) is 9.82. The molecule has 17 heavy (non-hydrogen) atoms. The second-order valence-electron chi connectivity index (χ2n) is 4.00. The van der Waals surface area contributed by atoms with Gasteiger partial charge in [0.1, 0.15) is 4.83 Å². The molecule has 0 unspecified atom stereocenters. The molecule has 0 radical (unpaired) electrons. The van der Waals surface area contributed by atoms with Gasteiger partial charge in [-0.2, -0.15) is 0 Å². The molecule has 0 aliphatic heterocycles. The van der Waals surface area contributed by atoms with Gasteiger partial charge in [0.05, 0.1) is 5.69 Å². The summed E-state index contributed by atoms with van der Waals surface area (Å²) in [6.07, 6.45) is 6.66. The van der Waals surface area contributed by atoms with Crippen molar-refractivity contribution in [2.24, 2.45) is 4.99 Å². The van der Waals surface area contributed by atoms with Crippen molar-refractivity contribution in [2.45, 2.75) is 20.3 Å². The van der Waals surface area contributed by atoms with Gasteiger partial charge in [0.2, 0.25) is 0 Å². The lowest BCUT2D eigenvalue weighted by molar-refractivity contribution is 1.27. The van der Waals surface area contributed by atoms with Crippen LogP contribution in [0, 0.1) is 6.92 Å². The summed E-state index contributed by atoms with van der Waals surface area (Å²) in [4.78, 5) is 13.4. The number of nitrogens with zero attached hydrogens (tertiary/aromatic N) is 2. The van der Waals surface area contributed by atoms with E-state index in [9.17, 15) is 0 Å². The Morgan fingerprint density at radius 1 is 1.53 bits per heavy atom. The molecule has 0 saturated heterocycles. The summed E-state index contributed by atoms with van der Waals surface area (Å²) in [5.41, 5.74) is 2.18. The smallest absolute Gasteiger partial charge is 0.103 e. The van der Waals surface area contributed by atoms with Crippen LogP contribution >= 0.6 is 11.3 Å². The summed E-state index contributed by atoms with van der Waals surface area (Å²) >= 11 is 1.76. The first-order valence-electron chi connectivity index (χ1n) is 5.68. The zero-order chi connectivity index (χ0) is 11.8. The largest absolute Gasteiger partial charge is 0.348 e. The van der Waals surface area contributed by atoms with Crippen molar-refractivity contribution in [3.05, 3.63) is 24.2 Å². The number of aliphatic imine (C=N–C) groups is 1.